The summed E-state index contributed by atoms with van der Waals surface area (Å²) in [7, 11) is 0. The van der Waals surface area contributed by atoms with Crippen molar-refractivity contribution in [1.82, 2.24) is 0 Å². The fraction of sp³-hybridized carbons (Fsp3) is 0.444. The molecule has 0 fully saturated rings. The summed E-state index contributed by atoms with van der Waals surface area (Å²) < 4.78 is 15.5. The average Bonchev–Trinajstić information content (AvgIpc) is 3.10. The number of carbonyl (C=O) groups excluding carboxylic acids is 1. The number of aliphatic carboxylic acids is 3. The van der Waals surface area contributed by atoms with Gasteiger partial charge in [-0.3, -0.25) is 19.2 Å². The fourth-order valence-corrected chi connectivity index (χ4v) is 1.77. The smallest absolute Gasteiger partial charge is 0.300 e. The minimum absolute atomic E-state index is 0. The molecular weight excluding hydrogens is 599 g/mol. The molecule has 1 heterocycles. The van der Waals surface area contributed by atoms with Gasteiger partial charge in [-0.25, -0.2) is 0 Å². The van der Waals surface area contributed by atoms with Gasteiger partial charge in [-0.1, -0.05) is 0 Å². The van der Waals surface area contributed by atoms with Crippen molar-refractivity contribution in [1.29, 1.82) is 0 Å². The molecule has 0 saturated heterocycles. The minimum Gasteiger partial charge on any atom is -0.490 e. The first kappa shape index (κ1) is 32.3. The van der Waals surface area contributed by atoms with Crippen LogP contribution in [0.2, 0.25) is 0 Å². The summed E-state index contributed by atoms with van der Waals surface area (Å²) in [4.78, 5) is 38.9. The van der Waals surface area contributed by atoms with E-state index in [2.05, 4.69) is 0 Å². The van der Waals surface area contributed by atoms with E-state index in [0.29, 0.717) is 13.2 Å². The maximum Gasteiger partial charge on any atom is 0.300 e. The summed E-state index contributed by atoms with van der Waals surface area (Å²) >= 11 is 0. The molecule has 1 aromatic heterocycles. The number of hydrogen-bond donors (Lipinski definition) is 4. The van der Waals surface area contributed by atoms with Crippen LogP contribution in [0.15, 0.2) is 34.3 Å². The van der Waals surface area contributed by atoms with Gasteiger partial charge >= 0.3 is 0 Å². The van der Waals surface area contributed by atoms with Gasteiger partial charge in [0.1, 0.15) is 0 Å². The Hall–Kier alpha value is -2.42. The molecule has 0 bridgehead atoms. The van der Waals surface area contributed by atoms with Crippen molar-refractivity contribution in [3.63, 3.8) is 0 Å². The molecule has 12 heteroatoms. The maximum absolute atomic E-state index is 11.9. The van der Waals surface area contributed by atoms with Crippen LogP contribution in [0.25, 0.3) is 0 Å². The van der Waals surface area contributed by atoms with E-state index in [1.54, 1.807) is 19.9 Å². The monoisotopic (exact) mass is 626 g/mol. The van der Waals surface area contributed by atoms with Gasteiger partial charge in [0.2, 0.25) is 11.5 Å². The second kappa shape index (κ2) is 16.4. The number of carboxylic acid groups (broad SMARTS) is 3. The van der Waals surface area contributed by atoms with Gasteiger partial charge in [-0.2, -0.15) is 0 Å². The topological polar surface area (TPSA) is 181 Å². The first-order chi connectivity index (χ1) is 13.4. The first-order valence-electron chi connectivity index (χ1n) is 8.26. The summed E-state index contributed by atoms with van der Waals surface area (Å²) in [6.07, 6.45) is 1.39. The van der Waals surface area contributed by atoms with Crippen molar-refractivity contribution in [2.24, 2.45) is 0 Å². The molecule has 2 rings (SSSR count). The Morgan fingerprint density at radius 2 is 1.37 bits per heavy atom. The van der Waals surface area contributed by atoms with E-state index in [9.17, 15) is 9.90 Å². The molecule has 1 unspecified atom stereocenters. The molecule has 4 radical (unpaired) electrons. The second-order valence-corrected chi connectivity index (χ2v) is 5.10. The Kier molecular flexibility index (Phi) is 17.6. The number of furan rings is 1. The normalized spacial score (nSPS) is 15.9. The second-order valence-electron chi connectivity index (χ2n) is 5.10. The summed E-state index contributed by atoms with van der Waals surface area (Å²) in [5.74, 6) is -2.68. The third-order valence-corrected chi connectivity index (χ3v) is 2.52. The molecule has 0 amide bonds. The number of aliphatic hydroxyl groups is 1. The van der Waals surface area contributed by atoms with Crippen molar-refractivity contribution in [2.45, 2.75) is 40.2 Å². The van der Waals surface area contributed by atoms with Crippen LogP contribution in [0.4, 0.5) is 0 Å². The first-order valence-corrected chi connectivity index (χ1v) is 8.26. The number of carboxylic acids is 3. The molecule has 1 atom stereocenters. The Balaban J connectivity index is -0.000000467. The van der Waals surface area contributed by atoms with Gasteiger partial charge in [0.05, 0.1) is 19.5 Å². The van der Waals surface area contributed by atoms with Crippen LogP contribution in [-0.2, 0) is 34.3 Å². The van der Waals surface area contributed by atoms with E-state index in [4.69, 9.17) is 43.6 Å². The molecule has 168 valence electrons. The molecule has 0 aliphatic heterocycles. The molecule has 0 aromatic carbocycles. The number of hydrogen-bond acceptors (Lipinski definition) is 8. The van der Waals surface area contributed by atoms with Crippen molar-refractivity contribution >= 4 is 51.0 Å². The third kappa shape index (κ3) is 11.6. The van der Waals surface area contributed by atoms with Gasteiger partial charge in [0.25, 0.3) is 23.5 Å². The SMILES string of the molecule is CC(=O)O.CC(=O)O.CC(=O)O.CCOC1=C(OCC)C(O)(c2ccco2)C1=O.[Pb]. The van der Waals surface area contributed by atoms with Crippen molar-refractivity contribution < 1.29 is 53.5 Å². The molecule has 11 nitrogen and oxygen atoms in total. The van der Waals surface area contributed by atoms with Gasteiger partial charge < -0.3 is 34.3 Å². The van der Waals surface area contributed by atoms with Crippen molar-refractivity contribution in [2.75, 3.05) is 13.2 Å². The number of ketones is 1. The number of ether oxygens (including phenoxy) is 2. The van der Waals surface area contributed by atoms with Crippen LogP contribution >= 0.6 is 0 Å². The van der Waals surface area contributed by atoms with E-state index in [-0.39, 0.29) is 44.6 Å². The molecule has 30 heavy (non-hydrogen) atoms. The Morgan fingerprint density at radius 1 is 0.967 bits per heavy atom. The average molecular weight is 626 g/mol. The molecule has 1 aliphatic rings. The van der Waals surface area contributed by atoms with Crippen LogP contribution in [0, 0.1) is 0 Å². The van der Waals surface area contributed by atoms with Crippen molar-refractivity contribution in [3.8, 4) is 0 Å². The maximum atomic E-state index is 11.9. The van der Waals surface area contributed by atoms with Crippen molar-refractivity contribution in [3.05, 3.63) is 35.7 Å². The van der Waals surface area contributed by atoms with E-state index in [0.717, 1.165) is 20.8 Å². The van der Waals surface area contributed by atoms with Crippen LogP contribution in [0.5, 0.6) is 0 Å². The van der Waals surface area contributed by atoms with Gasteiger partial charge in [0.15, 0.2) is 11.5 Å². The molecule has 1 aliphatic carbocycles. The van der Waals surface area contributed by atoms with E-state index in [1.807, 2.05) is 0 Å². The Morgan fingerprint density at radius 3 is 1.67 bits per heavy atom. The van der Waals surface area contributed by atoms with Gasteiger partial charge in [-0.05, 0) is 26.0 Å². The molecule has 0 spiro atoms. The zero-order valence-electron chi connectivity index (χ0n) is 17.3. The summed E-state index contributed by atoms with van der Waals surface area (Å²) in [6.45, 7) is 7.45. The quantitative estimate of drug-likeness (QED) is 0.346. The van der Waals surface area contributed by atoms with E-state index < -0.39 is 29.3 Å². The zero-order chi connectivity index (χ0) is 23.2. The largest absolute Gasteiger partial charge is 0.490 e. The summed E-state index contributed by atoms with van der Waals surface area (Å²) in [6, 6.07) is 3.13. The predicted octanol–water partition coefficient (Wildman–Crippen LogP) is 1.23. The van der Waals surface area contributed by atoms with Crippen LogP contribution in [0.1, 0.15) is 40.4 Å². The Labute approximate surface area is 193 Å². The zero-order valence-corrected chi connectivity index (χ0v) is 21.2. The minimum atomic E-state index is -1.83. The summed E-state index contributed by atoms with van der Waals surface area (Å²) in [5, 5.41) is 32.6. The third-order valence-electron chi connectivity index (χ3n) is 2.52. The number of Topliss-reactive ketones (excluding diaryl/α,β-unsaturated/α-hetero) is 1. The van der Waals surface area contributed by atoms with E-state index >= 15 is 0 Å². The van der Waals surface area contributed by atoms with E-state index in [1.165, 1.54) is 12.3 Å². The van der Waals surface area contributed by atoms with Crippen LogP contribution in [0.3, 0.4) is 0 Å². The number of rotatable bonds is 5. The molecular formula is C18H26O11Pb. The number of carbonyl (C=O) groups is 4. The molecule has 1 aromatic rings. The standard InChI is InChI=1S/C12H14O5.3C2H4O2.Pb/c1-3-15-9-10(13)12(14,11(9)16-4-2)8-6-5-7-17-8;3*1-2(3)4;/h5-7,14H,3-4H2,1-2H3;3*1H3,(H,3,4);. The van der Waals surface area contributed by atoms with Crippen LogP contribution < -0.4 is 0 Å². The Bertz CT molecular complexity index is 669. The fourth-order valence-electron chi connectivity index (χ4n) is 1.77. The van der Waals surface area contributed by atoms with Gasteiger partial charge in [0, 0.05) is 48.1 Å². The van der Waals surface area contributed by atoms with Crippen LogP contribution in [-0.4, -0.2) is 84.6 Å². The summed E-state index contributed by atoms with van der Waals surface area (Å²) in [5.41, 5.74) is -1.83. The molecule has 4 N–H and O–H groups in total. The van der Waals surface area contributed by atoms with Gasteiger partial charge in [-0.15, -0.1) is 0 Å². The molecule has 0 saturated carbocycles. The predicted molar refractivity (Wildman–Crippen MR) is 104 cm³/mol.